The average molecular weight is 352 g/mol. The van der Waals surface area contributed by atoms with E-state index in [1.54, 1.807) is 0 Å². The third-order valence-electron chi connectivity index (χ3n) is 2.75. The Balaban J connectivity index is 2.67. The molecule has 0 aromatic carbocycles. The van der Waals surface area contributed by atoms with Gasteiger partial charge in [-0.3, -0.25) is 0 Å². The van der Waals surface area contributed by atoms with E-state index in [0.29, 0.717) is 0 Å². The summed E-state index contributed by atoms with van der Waals surface area (Å²) < 4.78 is 28.1. The van der Waals surface area contributed by atoms with Gasteiger partial charge in [0.1, 0.15) is 18.3 Å². The Bertz CT molecular complexity index is 368. The van der Waals surface area contributed by atoms with E-state index in [-0.39, 0.29) is 6.61 Å². The number of ether oxygens (including phenoxy) is 2. The number of aliphatic hydroxyl groups is 1. The van der Waals surface area contributed by atoms with Crippen molar-refractivity contribution in [1.29, 1.82) is 5.53 Å². The molecule has 0 aliphatic carbocycles. The number of hydrogen-bond donors (Lipinski definition) is 2. The Hall–Kier alpha value is -0.210. The van der Waals surface area contributed by atoms with Crippen molar-refractivity contribution >= 4 is 8.60 Å². The molecule has 0 spiro atoms. The number of methoxy groups -OCH3 is 1. The average Bonchev–Trinajstić information content (AvgIpc) is 2.68. The van der Waals surface area contributed by atoms with Gasteiger partial charge in [-0.1, -0.05) is 0 Å². The Morgan fingerprint density at radius 1 is 1.13 bits per heavy atom. The van der Waals surface area contributed by atoms with Crippen molar-refractivity contribution in [2.75, 3.05) is 13.7 Å². The zero-order chi connectivity index (χ0) is 17.8. The van der Waals surface area contributed by atoms with E-state index in [4.69, 9.17) is 28.6 Å². The fourth-order valence-corrected chi connectivity index (χ4v) is 3.21. The number of aliphatic hydroxyl groups excluding tert-OH is 1. The monoisotopic (exact) mass is 352 g/mol. The minimum absolute atomic E-state index is 0.111. The maximum atomic E-state index is 9.98. The summed E-state index contributed by atoms with van der Waals surface area (Å²) in [4.78, 5) is 0. The van der Waals surface area contributed by atoms with Gasteiger partial charge in [-0.2, -0.15) is 5.11 Å². The van der Waals surface area contributed by atoms with Gasteiger partial charge in [0.05, 0.1) is 17.8 Å². The van der Waals surface area contributed by atoms with E-state index in [0.717, 1.165) is 0 Å². The third kappa shape index (κ3) is 7.05. The molecule has 0 bridgehead atoms. The van der Waals surface area contributed by atoms with Crippen molar-refractivity contribution in [3.63, 3.8) is 0 Å². The van der Waals surface area contributed by atoms with Gasteiger partial charge in [-0.15, -0.1) is 0 Å². The lowest BCUT2D eigenvalue weighted by Crippen LogP contribution is -2.36. The van der Waals surface area contributed by atoms with Crippen LogP contribution in [0.2, 0.25) is 0 Å². The second kappa shape index (κ2) is 8.25. The molecule has 1 aliphatic rings. The summed E-state index contributed by atoms with van der Waals surface area (Å²) in [6.45, 7) is 11.6. The summed E-state index contributed by atoms with van der Waals surface area (Å²) in [6.07, 6.45) is -3.10. The van der Waals surface area contributed by atoms with Gasteiger partial charge in [-0.25, -0.2) is 5.53 Å². The van der Waals surface area contributed by atoms with Gasteiger partial charge in [0, 0.05) is 7.11 Å². The van der Waals surface area contributed by atoms with Crippen molar-refractivity contribution in [1.82, 2.24) is 0 Å². The normalized spacial score (nSPS) is 29.3. The first-order chi connectivity index (χ1) is 10.5. The molecule has 4 atom stereocenters. The summed E-state index contributed by atoms with van der Waals surface area (Å²) >= 11 is 0. The third-order valence-corrected chi connectivity index (χ3v) is 4.50. The van der Waals surface area contributed by atoms with Gasteiger partial charge in [-0.05, 0) is 41.5 Å². The highest BCUT2D eigenvalue weighted by Gasteiger charge is 2.45. The van der Waals surface area contributed by atoms with E-state index in [2.05, 4.69) is 5.11 Å². The molecule has 1 unspecified atom stereocenters. The van der Waals surface area contributed by atoms with Crippen molar-refractivity contribution in [2.45, 2.75) is 77.3 Å². The van der Waals surface area contributed by atoms with Crippen LogP contribution in [0.4, 0.5) is 0 Å². The van der Waals surface area contributed by atoms with Crippen LogP contribution in [-0.2, 0) is 23.0 Å². The molecular weight excluding hydrogens is 323 g/mol. The fraction of sp³-hybridized carbons (Fsp3) is 1.00. The van der Waals surface area contributed by atoms with E-state index in [1.165, 1.54) is 7.11 Å². The summed E-state index contributed by atoms with van der Waals surface area (Å²) in [5.74, 6) is 0. The molecule has 0 aromatic heterocycles. The molecule has 0 saturated carbocycles. The molecule has 1 fully saturated rings. The maximum absolute atomic E-state index is 9.98. The van der Waals surface area contributed by atoms with Gasteiger partial charge < -0.3 is 28.2 Å². The Morgan fingerprint density at radius 2 is 1.65 bits per heavy atom. The molecule has 136 valence electrons. The SMILES string of the molecule is COC1[C@@H](COP(OC(C)(C)C)OC(C)(C)C)O[C@@H](N=N)[C@H]1O. The van der Waals surface area contributed by atoms with Crippen LogP contribution in [-0.4, -0.2) is 54.6 Å². The van der Waals surface area contributed by atoms with Gasteiger partial charge in [0.15, 0.2) is 6.23 Å². The van der Waals surface area contributed by atoms with Crippen molar-refractivity contribution in [3.05, 3.63) is 0 Å². The highest BCUT2D eigenvalue weighted by atomic mass is 31.2. The van der Waals surface area contributed by atoms with Crippen molar-refractivity contribution in [2.24, 2.45) is 5.11 Å². The summed E-state index contributed by atoms with van der Waals surface area (Å²) in [5.41, 5.74) is 6.19. The largest absolute Gasteiger partial charge is 0.385 e. The molecular formula is C14H29N2O6P. The van der Waals surface area contributed by atoms with Gasteiger partial charge in [0.2, 0.25) is 0 Å². The molecule has 9 heteroatoms. The van der Waals surface area contributed by atoms with Crippen LogP contribution in [0.1, 0.15) is 41.5 Å². The highest BCUT2D eigenvalue weighted by Crippen LogP contribution is 2.47. The van der Waals surface area contributed by atoms with Crippen LogP contribution in [0.3, 0.4) is 0 Å². The minimum atomic E-state index is -1.60. The van der Waals surface area contributed by atoms with E-state index >= 15 is 0 Å². The van der Waals surface area contributed by atoms with Crippen molar-refractivity contribution < 1.29 is 28.2 Å². The Morgan fingerprint density at radius 3 is 2.04 bits per heavy atom. The molecule has 23 heavy (non-hydrogen) atoms. The predicted molar refractivity (Wildman–Crippen MR) is 85.2 cm³/mol. The topological polar surface area (TPSA) is 103 Å². The molecule has 1 aliphatic heterocycles. The standard InChI is InChI=1S/C14H29N2O6P/c1-13(2,3)21-23(22-14(4,5)6)19-8-9-11(18-7)10(17)12(16-15)20-9/h9-12,15,17H,8H2,1-7H3/t9-,10+,11?,12-/m1/s1. The molecule has 0 aromatic rings. The summed E-state index contributed by atoms with van der Waals surface area (Å²) in [5, 5.41) is 13.2. The molecule has 2 N–H and O–H groups in total. The number of hydrogen-bond acceptors (Lipinski definition) is 8. The quantitative estimate of drug-likeness (QED) is 0.539. The molecule has 1 rings (SSSR count). The Kier molecular flexibility index (Phi) is 7.47. The highest BCUT2D eigenvalue weighted by molar-refractivity contribution is 7.41. The fourth-order valence-electron chi connectivity index (χ4n) is 1.90. The first-order valence-electron chi connectivity index (χ1n) is 7.51. The number of nitrogens with zero attached hydrogens (tertiary/aromatic N) is 1. The maximum Gasteiger partial charge on any atom is 0.333 e. The minimum Gasteiger partial charge on any atom is -0.385 e. The van der Waals surface area contributed by atoms with E-state index in [1.807, 2.05) is 41.5 Å². The Labute approximate surface area is 139 Å². The number of rotatable bonds is 7. The van der Waals surface area contributed by atoms with Crippen LogP contribution >= 0.6 is 8.60 Å². The molecule has 8 nitrogen and oxygen atoms in total. The molecule has 1 saturated heterocycles. The van der Waals surface area contributed by atoms with Gasteiger partial charge >= 0.3 is 8.60 Å². The smallest absolute Gasteiger partial charge is 0.333 e. The van der Waals surface area contributed by atoms with E-state index in [9.17, 15) is 5.11 Å². The summed E-state index contributed by atoms with van der Waals surface area (Å²) in [7, 11) is -0.136. The first-order valence-corrected chi connectivity index (χ1v) is 8.60. The van der Waals surface area contributed by atoms with Crippen molar-refractivity contribution in [3.8, 4) is 0 Å². The molecule has 0 amide bonds. The van der Waals surface area contributed by atoms with Crippen LogP contribution in [0.5, 0.6) is 0 Å². The number of nitrogens with one attached hydrogen (secondary N) is 1. The lowest BCUT2D eigenvalue weighted by atomic mass is 10.1. The molecule has 1 heterocycles. The van der Waals surface area contributed by atoms with Crippen LogP contribution in [0, 0.1) is 5.53 Å². The lowest BCUT2D eigenvalue weighted by molar-refractivity contribution is -0.0428. The zero-order valence-corrected chi connectivity index (χ0v) is 15.8. The first kappa shape index (κ1) is 20.8. The second-order valence-corrected chi connectivity index (χ2v) is 8.38. The van der Waals surface area contributed by atoms with Crippen LogP contribution in [0.15, 0.2) is 5.11 Å². The molecule has 0 radical (unpaired) electrons. The van der Waals surface area contributed by atoms with Crippen LogP contribution in [0.25, 0.3) is 0 Å². The van der Waals surface area contributed by atoms with E-state index < -0.39 is 44.3 Å². The zero-order valence-electron chi connectivity index (χ0n) is 14.9. The van der Waals surface area contributed by atoms with Gasteiger partial charge in [0.25, 0.3) is 0 Å². The van der Waals surface area contributed by atoms with Crippen LogP contribution < -0.4 is 0 Å². The lowest BCUT2D eigenvalue weighted by Gasteiger charge is -2.31. The predicted octanol–water partition coefficient (Wildman–Crippen LogP) is 2.99. The summed E-state index contributed by atoms with van der Waals surface area (Å²) in [6, 6.07) is 0. The second-order valence-electron chi connectivity index (χ2n) is 7.31.